The van der Waals surface area contributed by atoms with Crippen molar-refractivity contribution in [1.82, 2.24) is 9.31 Å². The van der Waals surface area contributed by atoms with Gasteiger partial charge >= 0.3 is 0 Å². The van der Waals surface area contributed by atoms with Crippen LogP contribution in [0.3, 0.4) is 0 Å². The normalized spacial score (nSPS) is 17.3. The van der Waals surface area contributed by atoms with Gasteiger partial charge in [-0.2, -0.15) is 9.41 Å². The van der Waals surface area contributed by atoms with Gasteiger partial charge in [0.25, 0.3) is 5.91 Å². The maximum atomic E-state index is 13.2. The number of hydrogen-bond donors (Lipinski definition) is 1. The van der Waals surface area contributed by atoms with Crippen molar-refractivity contribution in [3.8, 4) is 5.75 Å². The Labute approximate surface area is 198 Å². The van der Waals surface area contributed by atoms with Gasteiger partial charge in [0.05, 0.1) is 26.9 Å². The molecule has 2 aromatic carbocycles. The molecule has 2 heterocycles. The Morgan fingerprint density at radius 1 is 1.12 bits per heavy atom. The first-order valence-electron chi connectivity index (χ1n) is 10.9. The molecule has 10 nitrogen and oxygen atoms in total. The van der Waals surface area contributed by atoms with E-state index >= 15 is 0 Å². The molecule has 0 atom stereocenters. The number of sulfonamides is 1. The lowest BCUT2D eigenvalue weighted by Gasteiger charge is -2.27. The Morgan fingerprint density at radius 2 is 1.85 bits per heavy atom. The lowest BCUT2D eigenvalue weighted by molar-refractivity contribution is -0.132. The van der Waals surface area contributed by atoms with Gasteiger partial charge in [-0.3, -0.25) is 9.59 Å². The monoisotopic (exact) mass is 486 g/mol. The minimum absolute atomic E-state index is 0.0406. The molecule has 0 saturated carbocycles. The van der Waals surface area contributed by atoms with Crippen molar-refractivity contribution in [1.29, 1.82) is 0 Å². The summed E-state index contributed by atoms with van der Waals surface area (Å²) in [6.07, 6.45) is 0.364. The van der Waals surface area contributed by atoms with Crippen LogP contribution in [0.2, 0.25) is 0 Å². The number of morpholine rings is 1. The van der Waals surface area contributed by atoms with Crippen LogP contribution in [0.5, 0.6) is 5.75 Å². The van der Waals surface area contributed by atoms with Gasteiger partial charge in [0.2, 0.25) is 15.9 Å². The molecule has 0 unspecified atom stereocenters. The van der Waals surface area contributed by atoms with Gasteiger partial charge in [-0.15, -0.1) is 0 Å². The number of amides is 2. The summed E-state index contributed by atoms with van der Waals surface area (Å²) in [5.41, 5.74) is 1.38. The number of carbonyl (C=O) groups is 2. The predicted molar refractivity (Wildman–Crippen MR) is 125 cm³/mol. The molecule has 2 aliphatic rings. The van der Waals surface area contributed by atoms with E-state index < -0.39 is 15.9 Å². The second-order valence-electron chi connectivity index (χ2n) is 7.82. The summed E-state index contributed by atoms with van der Waals surface area (Å²) in [6.45, 7) is 1.38. The number of methoxy groups -OCH3 is 1. The first-order chi connectivity index (χ1) is 16.4. The molecular formula is C23H26N4O6S. The zero-order valence-electron chi connectivity index (χ0n) is 18.8. The maximum Gasteiger partial charge on any atom is 0.271 e. The van der Waals surface area contributed by atoms with Crippen molar-refractivity contribution < 1.29 is 27.5 Å². The molecule has 11 heteroatoms. The van der Waals surface area contributed by atoms with E-state index in [1.807, 2.05) is 30.3 Å². The standard InChI is InChI=1S/C23H26N4O6S/c1-32-20-9-7-18(15-21(20)34(30,31)26-11-13-33-14-12-26)24-23(29)19-8-10-22(28)27(25-19)16-17-5-3-2-4-6-17/h2-7,9,15H,8,10-14,16H2,1H3,(H,24,29). The SMILES string of the molecule is COc1ccc(NC(=O)C2=NN(Cc3ccccc3)C(=O)CC2)cc1S(=O)(=O)N1CCOCC1. The molecule has 0 bridgehead atoms. The van der Waals surface area contributed by atoms with Crippen LogP contribution >= 0.6 is 0 Å². The number of hydrogen-bond acceptors (Lipinski definition) is 7. The number of carbonyl (C=O) groups excluding carboxylic acids is 2. The van der Waals surface area contributed by atoms with E-state index in [9.17, 15) is 18.0 Å². The number of rotatable bonds is 7. The molecule has 1 saturated heterocycles. The number of nitrogens with zero attached hydrogens (tertiary/aromatic N) is 3. The summed E-state index contributed by atoms with van der Waals surface area (Å²) >= 11 is 0. The van der Waals surface area contributed by atoms with Crippen LogP contribution in [0.1, 0.15) is 18.4 Å². The van der Waals surface area contributed by atoms with Crippen LogP contribution in [0.25, 0.3) is 0 Å². The van der Waals surface area contributed by atoms with Crippen molar-refractivity contribution in [3.63, 3.8) is 0 Å². The summed E-state index contributed by atoms with van der Waals surface area (Å²) < 4.78 is 38.2. The molecule has 0 aliphatic carbocycles. The van der Waals surface area contributed by atoms with Crippen LogP contribution in [0.4, 0.5) is 5.69 Å². The highest BCUT2D eigenvalue weighted by Gasteiger charge is 2.30. The molecule has 0 radical (unpaired) electrons. The summed E-state index contributed by atoms with van der Waals surface area (Å²) in [5, 5.41) is 8.25. The smallest absolute Gasteiger partial charge is 0.271 e. The Bertz CT molecular complexity index is 1190. The van der Waals surface area contributed by atoms with Crippen molar-refractivity contribution in [2.45, 2.75) is 24.3 Å². The average Bonchev–Trinajstić information content (AvgIpc) is 2.86. The van der Waals surface area contributed by atoms with Gasteiger partial charge in [-0.1, -0.05) is 30.3 Å². The summed E-state index contributed by atoms with van der Waals surface area (Å²) in [4.78, 5) is 25.2. The van der Waals surface area contributed by atoms with E-state index in [1.165, 1.54) is 28.6 Å². The second-order valence-corrected chi connectivity index (χ2v) is 9.73. The number of benzene rings is 2. The number of hydrazone groups is 1. The molecule has 4 rings (SSSR count). The quantitative estimate of drug-likeness (QED) is 0.638. The fraction of sp³-hybridized carbons (Fsp3) is 0.348. The van der Waals surface area contributed by atoms with E-state index in [-0.39, 0.29) is 60.4 Å². The molecule has 34 heavy (non-hydrogen) atoms. The molecule has 180 valence electrons. The van der Waals surface area contributed by atoms with E-state index in [2.05, 4.69) is 10.4 Å². The van der Waals surface area contributed by atoms with Gasteiger partial charge in [0.15, 0.2) is 0 Å². The Hall–Kier alpha value is -3.28. The van der Waals surface area contributed by atoms with Gasteiger partial charge in [-0.05, 0) is 23.8 Å². The topological polar surface area (TPSA) is 118 Å². The van der Waals surface area contributed by atoms with E-state index in [0.717, 1.165) is 5.56 Å². The van der Waals surface area contributed by atoms with Crippen LogP contribution in [0.15, 0.2) is 58.5 Å². The third-order valence-electron chi connectivity index (χ3n) is 5.55. The minimum Gasteiger partial charge on any atom is -0.495 e. The van der Waals surface area contributed by atoms with Crippen LogP contribution in [-0.4, -0.2) is 68.7 Å². The Morgan fingerprint density at radius 3 is 2.56 bits per heavy atom. The van der Waals surface area contributed by atoms with Crippen LogP contribution in [0, 0.1) is 0 Å². The lowest BCUT2D eigenvalue weighted by atomic mass is 10.1. The Balaban J connectivity index is 1.54. The molecule has 0 aromatic heterocycles. The highest BCUT2D eigenvalue weighted by atomic mass is 32.2. The molecule has 1 fully saturated rings. The highest BCUT2D eigenvalue weighted by Crippen LogP contribution is 2.30. The van der Waals surface area contributed by atoms with E-state index in [0.29, 0.717) is 13.2 Å². The van der Waals surface area contributed by atoms with Crippen molar-refractivity contribution in [2.75, 3.05) is 38.7 Å². The van der Waals surface area contributed by atoms with Crippen LogP contribution < -0.4 is 10.1 Å². The molecule has 0 spiro atoms. The number of nitrogens with one attached hydrogen (secondary N) is 1. The number of anilines is 1. The van der Waals surface area contributed by atoms with Gasteiger partial charge in [0, 0.05) is 31.6 Å². The second kappa shape index (κ2) is 10.3. The van der Waals surface area contributed by atoms with Gasteiger partial charge in [-0.25, -0.2) is 13.4 Å². The van der Waals surface area contributed by atoms with E-state index in [4.69, 9.17) is 9.47 Å². The van der Waals surface area contributed by atoms with Gasteiger partial charge < -0.3 is 14.8 Å². The third-order valence-corrected chi connectivity index (χ3v) is 7.47. The van der Waals surface area contributed by atoms with Gasteiger partial charge in [0.1, 0.15) is 16.4 Å². The molecule has 2 aliphatic heterocycles. The fourth-order valence-corrected chi connectivity index (χ4v) is 5.32. The lowest BCUT2D eigenvalue weighted by Crippen LogP contribution is -2.40. The predicted octanol–water partition coefficient (Wildman–Crippen LogP) is 1.83. The molecule has 2 aromatic rings. The van der Waals surface area contributed by atoms with E-state index in [1.54, 1.807) is 6.07 Å². The summed E-state index contributed by atoms with van der Waals surface area (Å²) in [7, 11) is -2.45. The average molecular weight is 487 g/mol. The Kier molecular flexibility index (Phi) is 7.25. The zero-order chi connectivity index (χ0) is 24.1. The first-order valence-corrected chi connectivity index (χ1v) is 12.3. The summed E-state index contributed by atoms with van der Waals surface area (Å²) in [6, 6.07) is 13.8. The third kappa shape index (κ3) is 5.27. The van der Waals surface area contributed by atoms with Crippen molar-refractivity contribution in [2.24, 2.45) is 5.10 Å². The molecular weight excluding hydrogens is 460 g/mol. The van der Waals surface area contributed by atoms with Crippen molar-refractivity contribution >= 4 is 33.2 Å². The highest BCUT2D eigenvalue weighted by molar-refractivity contribution is 7.89. The first kappa shape index (κ1) is 23.9. The number of ether oxygens (including phenoxy) is 2. The summed E-state index contributed by atoms with van der Waals surface area (Å²) in [5.74, 6) is -0.478. The molecule has 2 amide bonds. The molecule has 1 N–H and O–H groups in total. The van der Waals surface area contributed by atoms with Crippen LogP contribution in [-0.2, 0) is 30.9 Å². The van der Waals surface area contributed by atoms with Crippen molar-refractivity contribution in [3.05, 3.63) is 54.1 Å². The maximum absolute atomic E-state index is 13.2. The zero-order valence-corrected chi connectivity index (χ0v) is 19.6. The largest absolute Gasteiger partial charge is 0.495 e. The minimum atomic E-state index is -3.84. The fourth-order valence-electron chi connectivity index (χ4n) is 3.73.